The minimum absolute atomic E-state index is 0.00751. The molecule has 2 fully saturated rings. The van der Waals surface area contributed by atoms with Gasteiger partial charge in [-0.2, -0.15) is 0 Å². The SMILES string of the molecule is O=C(Nc1ccc(F)cc1)[C@H]1CS[C@]2(c3ccccc3)CCC(=O)N12. The van der Waals surface area contributed by atoms with E-state index in [0.717, 1.165) is 5.56 Å². The van der Waals surface area contributed by atoms with Gasteiger partial charge in [-0.1, -0.05) is 30.3 Å². The van der Waals surface area contributed by atoms with Crippen LogP contribution >= 0.6 is 11.8 Å². The standard InChI is InChI=1S/C19H17FN2O2S/c20-14-6-8-15(9-7-14)21-18(24)16-12-25-19(11-10-17(23)22(16)19)13-4-2-1-3-5-13/h1-9,16H,10-12H2,(H,21,24)/t16-,19+/m1/s1. The first kappa shape index (κ1) is 16.1. The minimum atomic E-state index is -0.523. The summed E-state index contributed by atoms with van der Waals surface area (Å²) < 4.78 is 13.0. The lowest BCUT2D eigenvalue weighted by Gasteiger charge is -2.34. The maximum absolute atomic E-state index is 13.0. The number of benzene rings is 2. The van der Waals surface area contributed by atoms with Gasteiger partial charge in [-0.3, -0.25) is 9.59 Å². The Morgan fingerprint density at radius 3 is 2.60 bits per heavy atom. The molecule has 128 valence electrons. The summed E-state index contributed by atoms with van der Waals surface area (Å²) in [5.74, 6) is -0.0271. The van der Waals surface area contributed by atoms with Gasteiger partial charge in [-0.15, -0.1) is 11.8 Å². The molecule has 2 saturated heterocycles. The van der Waals surface area contributed by atoms with Gasteiger partial charge in [-0.05, 0) is 36.2 Å². The van der Waals surface area contributed by atoms with E-state index in [2.05, 4.69) is 5.32 Å². The predicted octanol–water partition coefficient (Wildman–Crippen LogP) is 3.36. The van der Waals surface area contributed by atoms with Crippen LogP contribution in [0.15, 0.2) is 54.6 Å². The Hall–Kier alpha value is -2.34. The lowest BCUT2D eigenvalue weighted by Crippen LogP contribution is -2.48. The van der Waals surface area contributed by atoms with Crippen molar-refractivity contribution in [1.29, 1.82) is 0 Å². The van der Waals surface area contributed by atoms with Crippen molar-refractivity contribution < 1.29 is 14.0 Å². The number of anilines is 1. The first-order valence-corrected chi connectivity index (χ1v) is 9.17. The molecule has 0 aliphatic carbocycles. The molecule has 25 heavy (non-hydrogen) atoms. The summed E-state index contributed by atoms with van der Waals surface area (Å²) in [6.45, 7) is 0. The molecule has 2 aliphatic rings. The Balaban J connectivity index is 1.60. The van der Waals surface area contributed by atoms with E-state index >= 15 is 0 Å². The second kappa shape index (κ2) is 6.19. The highest BCUT2D eigenvalue weighted by atomic mass is 32.2. The van der Waals surface area contributed by atoms with Crippen LogP contribution in [-0.4, -0.2) is 28.5 Å². The van der Waals surface area contributed by atoms with Gasteiger partial charge in [0.05, 0.1) is 0 Å². The van der Waals surface area contributed by atoms with E-state index in [1.165, 1.54) is 24.3 Å². The molecule has 2 atom stereocenters. The Morgan fingerprint density at radius 2 is 1.88 bits per heavy atom. The number of hydrogen-bond acceptors (Lipinski definition) is 3. The van der Waals surface area contributed by atoms with Crippen LogP contribution in [0, 0.1) is 5.82 Å². The average Bonchev–Trinajstić information content (AvgIpc) is 3.17. The van der Waals surface area contributed by atoms with Gasteiger partial charge in [0.25, 0.3) is 0 Å². The zero-order chi connectivity index (χ0) is 17.4. The number of nitrogens with one attached hydrogen (secondary N) is 1. The van der Waals surface area contributed by atoms with Crippen molar-refractivity contribution in [2.45, 2.75) is 23.8 Å². The fraction of sp³-hybridized carbons (Fsp3) is 0.263. The second-order valence-electron chi connectivity index (χ2n) is 6.24. The number of hydrogen-bond donors (Lipinski definition) is 1. The highest BCUT2D eigenvalue weighted by Crippen LogP contribution is 2.54. The lowest BCUT2D eigenvalue weighted by molar-refractivity contribution is -0.136. The highest BCUT2D eigenvalue weighted by molar-refractivity contribution is 8.00. The molecular formula is C19H17FN2O2S. The first-order chi connectivity index (χ1) is 12.1. The van der Waals surface area contributed by atoms with Crippen molar-refractivity contribution in [3.05, 3.63) is 66.0 Å². The Morgan fingerprint density at radius 1 is 1.16 bits per heavy atom. The van der Waals surface area contributed by atoms with Crippen LogP contribution in [0.1, 0.15) is 18.4 Å². The molecule has 0 bridgehead atoms. The van der Waals surface area contributed by atoms with Gasteiger partial charge in [-0.25, -0.2) is 4.39 Å². The summed E-state index contributed by atoms with van der Waals surface area (Å²) in [5, 5.41) is 2.80. The van der Waals surface area contributed by atoms with Gasteiger partial charge in [0.15, 0.2) is 0 Å². The number of thioether (sulfide) groups is 1. The fourth-order valence-electron chi connectivity index (χ4n) is 3.59. The van der Waals surface area contributed by atoms with Crippen LogP contribution < -0.4 is 5.32 Å². The number of halogens is 1. The Labute approximate surface area is 149 Å². The monoisotopic (exact) mass is 356 g/mol. The smallest absolute Gasteiger partial charge is 0.248 e. The molecule has 1 N–H and O–H groups in total. The molecule has 0 unspecified atom stereocenters. The second-order valence-corrected chi connectivity index (χ2v) is 7.53. The molecule has 2 aliphatic heterocycles. The first-order valence-electron chi connectivity index (χ1n) is 8.18. The predicted molar refractivity (Wildman–Crippen MR) is 95.5 cm³/mol. The number of carbonyl (C=O) groups excluding carboxylic acids is 2. The van der Waals surface area contributed by atoms with Crippen LogP contribution in [0.4, 0.5) is 10.1 Å². The highest BCUT2D eigenvalue weighted by Gasteiger charge is 2.56. The normalized spacial score (nSPS) is 25.1. The van der Waals surface area contributed by atoms with Crippen molar-refractivity contribution in [3.63, 3.8) is 0 Å². The van der Waals surface area contributed by atoms with Crippen molar-refractivity contribution in [3.8, 4) is 0 Å². The number of rotatable bonds is 3. The van der Waals surface area contributed by atoms with Gasteiger partial charge < -0.3 is 10.2 Å². The molecular weight excluding hydrogens is 339 g/mol. The third-order valence-electron chi connectivity index (χ3n) is 4.77. The van der Waals surface area contributed by atoms with Crippen LogP contribution in [0.5, 0.6) is 0 Å². The van der Waals surface area contributed by atoms with E-state index in [4.69, 9.17) is 0 Å². The number of nitrogens with zero attached hydrogens (tertiary/aromatic N) is 1. The summed E-state index contributed by atoms with van der Waals surface area (Å²) in [6.07, 6.45) is 1.16. The quantitative estimate of drug-likeness (QED) is 0.917. The third-order valence-corrected chi connectivity index (χ3v) is 6.36. The van der Waals surface area contributed by atoms with E-state index in [1.54, 1.807) is 16.7 Å². The number of amides is 2. The number of carbonyl (C=O) groups is 2. The van der Waals surface area contributed by atoms with E-state index in [9.17, 15) is 14.0 Å². The van der Waals surface area contributed by atoms with Crippen molar-refractivity contribution in [2.75, 3.05) is 11.1 Å². The summed E-state index contributed by atoms with van der Waals surface area (Å²) in [7, 11) is 0. The largest absolute Gasteiger partial charge is 0.324 e. The minimum Gasteiger partial charge on any atom is -0.324 e. The van der Waals surface area contributed by atoms with Gasteiger partial charge in [0.2, 0.25) is 11.8 Å². The van der Waals surface area contributed by atoms with Gasteiger partial charge >= 0.3 is 0 Å². The van der Waals surface area contributed by atoms with Crippen molar-refractivity contribution >= 4 is 29.3 Å². The van der Waals surface area contributed by atoms with E-state index < -0.39 is 10.9 Å². The van der Waals surface area contributed by atoms with Crippen molar-refractivity contribution in [2.24, 2.45) is 0 Å². The Kier molecular flexibility index (Phi) is 4.00. The lowest BCUT2D eigenvalue weighted by atomic mass is 10.0. The van der Waals surface area contributed by atoms with Crippen LogP contribution in [0.25, 0.3) is 0 Å². The third kappa shape index (κ3) is 2.70. The van der Waals surface area contributed by atoms with E-state index in [1.807, 2.05) is 30.3 Å². The summed E-state index contributed by atoms with van der Waals surface area (Å²) >= 11 is 1.65. The Bertz CT molecular complexity index is 812. The molecule has 2 aromatic rings. The van der Waals surface area contributed by atoms with Gasteiger partial charge in [0.1, 0.15) is 16.7 Å². The molecule has 0 spiro atoms. The summed E-state index contributed by atoms with van der Waals surface area (Å²) in [5.41, 5.74) is 1.59. The molecule has 0 radical (unpaired) electrons. The van der Waals surface area contributed by atoms with Crippen molar-refractivity contribution in [1.82, 2.24) is 4.90 Å². The number of fused-ring (bicyclic) bond motifs is 1. The molecule has 0 saturated carbocycles. The van der Waals surface area contributed by atoms with Crippen LogP contribution in [-0.2, 0) is 14.5 Å². The molecule has 6 heteroatoms. The summed E-state index contributed by atoms with van der Waals surface area (Å²) in [4.78, 5) is 26.6. The maximum atomic E-state index is 13.0. The summed E-state index contributed by atoms with van der Waals surface area (Å²) in [6, 6.07) is 15.0. The zero-order valence-corrected chi connectivity index (χ0v) is 14.3. The average molecular weight is 356 g/mol. The molecule has 4 rings (SSSR count). The molecule has 0 aromatic heterocycles. The fourth-order valence-corrected chi connectivity index (χ4v) is 5.25. The maximum Gasteiger partial charge on any atom is 0.248 e. The molecule has 4 nitrogen and oxygen atoms in total. The molecule has 2 amide bonds. The zero-order valence-electron chi connectivity index (χ0n) is 13.4. The van der Waals surface area contributed by atoms with E-state index in [0.29, 0.717) is 24.3 Å². The van der Waals surface area contributed by atoms with Crippen LogP contribution in [0.2, 0.25) is 0 Å². The topological polar surface area (TPSA) is 49.4 Å². The van der Waals surface area contributed by atoms with Gasteiger partial charge in [0, 0.05) is 17.9 Å². The van der Waals surface area contributed by atoms with Crippen LogP contribution in [0.3, 0.4) is 0 Å². The molecule has 2 aromatic carbocycles. The van der Waals surface area contributed by atoms with E-state index in [-0.39, 0.29) is 17.6 Å². The molecule has 2 heterocycles.